The van der Waals surface area contributed by atoms with Gasteiger partial charge in [0.2, 0.25) is 5.91 Å². The molecule has 0 heterocycles. The van der Waals surface area contributed by atoms with Crippen LogP contribution in [-0.2, 0) is 35.7 Å². The molecule has 0 spiro atoms. The second-order valence-corrected chi connectivity index (χ2v) is 7.15. The third kappa shape index (κ3) is 7.37. The second-order valence-electron chi connectivity index (χ2n) is 7.15. The Balaban J connectivity index is 1.39. The van der Waals surface area contributed by atoms with Crippen molar-refractivity contribution in [3.8, 4) is 5.75 Å². The number of carbonyl (C=O) groups is 1. The first kappa shape index (κ1) is 21.6. The van der Waals surface area contributed by atoms with Crippen molar-refractivity contribution in [2.75, 3.05) is 6.61 Å². The van der Waals surface area contributed by atoms with Gasteiger partial charge in [-0.1, -0.05) is 66.7 Å². The van der Waals surface area contributed by atoms with Gasteiger partial charge in [0.15, 0.2) is 0 Å². The Hall–Kier alpha value is -3.11. The third-order valence-corrected chi connectivity index (χ3v) is 4.74. The number of rotatable bonds is 11. The van der Waals surface area contributed by atoms with Crippen molar-refractivity contribution in [3.63, 3.8) is 0 Å². The maximum atomic E-state index is 12.2. The van der Waals surface area contributed by atoms with E-state index in [9.17, 15) is 4.79 Å². The van der Waals surface area contributed by atoms with Crippen molar-refractivity contribution < 1.29 is 14.3 Å². The molecule has 3 rings (SSSR count). The first-order chi connectivity index (χ1) is 14.7. The smallest absolute Gasteiger partial charge is 0.220 e. The quantitative estimate of drug-likeness (QED) is 0.487. The second kappa shape index (κ2) is 11.8. The first-order valence-electron chi connectivity index (χ1n) is 10.4. The molecule has 1 N–H and O–H groups in total. The highest BCUT2D eigenvalue weighted by atomic mass is 16.5. The minimum Gasteiger partial charge on any atom is -0.494 e. The van der Waals surface area contributed by atoms with Crippen LogP contribution in [0, 0.1) is 0 Å². The molecule has 30 heavy (non-hydrogen) atoms. The Labute approximate surface area is 178 Å². The van der Waals surface area contributed by atoms with Gasteiger partial charge in [0.1, 0.15) is 5.75 Å². The van der Waals surface area contributed by atoms with Crippen molar-refractivity contribution in [2.45, 2.75) is 39.5 Å². The summed E-state index contributed by atoms with van der Waals surface area (Å²) in [4.78, 5) is 12.2. The number of ether oxygens (including phenoxy) is 2. The van der Waals surface area contributed by atoms with Crippen molar-refractivity contribution in [3.05, 3.63) is 101 Å². The maximum Gasteiger partial charge on any atom is 0.220 e. The van der Waals surface area contributed by atoms with E-state index in [0.29, 0.717) is 39.2 Å². The topological polar surface area (TPSA) is 47.6 Å². The van der Waals surface area contributed by atoms with E-state index in [0.717, 1.165) is 28.0 Å². The Morgan fingerprint density at radius 3 is 2.27 bits per heavy atom. The van der Waals surface area contributed by atoms with E-state index in [1.54, 1.807) is 0 Å². The van der Waals surface area contributed by atoms with E-state index < -0.39 is 0 Å². The van der Waals surface area contributed by atoms with E-state index in [1.807, 2.05) is 67.6 Å². The summed E-state index contributed by atoms with van der Waals surface area (Å²) in [7, 11) is 0. The highest BCUT2D eigenvalue weighted by Gasteiger charge is 2.04. The van der Waals surface area contributed by atoms with Crippen LogP contribution in [0.25, 0.3) is 0 Å². The first-order valence-corrected chi connectivity index (χ1v) is 10.4. The molecule has 0 unspecified atom stereocenters. The fourth-order valence-electron chi connectivity index (χ4n) is 3.16. The molecule has 0 aromatic heterocycles. The minimum absolute atomic E-state index is 0.0506. The van der Waals surface area contributed by atoms with Crippen molar-refractivity contribution in [2.24, 2.45) is 0 Å². The molecule has 156 valence electrons. The normalized spacial score (nSPS) is 10.6. The van der Waals surface area contributed by atoms with Crippen LogP contribution in [0.2, 0.25) is 0 Å². The van der Waals surface area contributed by atoms with E-state index in [4.69, 9.17) is 9.47 Å². The molecule has 0 saturated heterocycles. The average Bonchev–Trinajstić information content (AvgIpc) is 2.78. The zero-order valence-electron chi connectivity index (χ0n) is 17.5. The summed E-state index contributed by atoms with van der Waals surface area (Å²) < 4.78 is 11.2. The lowest BCUT2D eigenvalue weighted by Crippen LogP contribution is -2.23. The largest absolute Gasteiger partial charge is 0.494 e. The zero-order valence-corrected chi connectivity index (χ0v) is 17.5. The molecule has 4 heteroatoms. The van der Waals surface area contributed by atoms with Gasteiger partial charge in [-0.15, -0.1) is 0 Å². The van der Waals surface area contributed by atoms with Gasteiger partial charge in [0.05, 0.1) is 19.8 Å². The molecule has 0 aliphatic carbocycles. The fourth-order valence-corrected chi connectivity index (χ4v) is 3.16. The molecule has 1 amide bonds. The third-order valence-electron chi connectivity index (χ3n) is 4.74. The highest BCUT2D eigenvalue weighted by molar-refractivity contribution is 5.76. The Kier molecular flexibility index (Phi) is 8.48. The standard InChI is InChI=1S/C26H29NO3/c1-2-30-25-14-11-21(12-15-25)13-16-26(28)27-18-23-9-6-10-24(17-23)20-29-19-22-7-4-3-5-8-22/h3-12,14-15,17H,2,13,16,18-20H2,1H3,(H,27,28). The highest BCUT2D eigenvalue weighted by Crippen LogP contribution is 2.13. The molecule has 0 fully saturated rings. The lowest BCUT2D eigenvalue weighted by molar-refractivity contribution is -0.121. The maximum absolute atomic E-state index is 12.2. The molecule has 0 aliphatic rings. The van der Waals surface area contributed by atoms with Gasteiger partial charge in [-0.3, -0.25) is 4.79 Å². The predicted octanol–water partition coefficient (Wildman–Crippen LogP) is 5.05. The summed E-state index contributed by atoms with van der Waals surface area (Å²) in [6, 6.07) is 26.2. The van der Waals surface area contributed by atoms with Gasteiger partial charge in [-0.05, 0) is 47.7 Å². The number of hydrogen-bond donors (Lipinski definition) is 1. The van der Waals surface area contributed by atoms with E-state index in [-0.39, 0.29) is 5.91 Å². The predicted molar refractivity (Wildman–Crippen MR) is 119 cm³/mol. The summed E-state index contributed by atoms with van der Waals surface area (Å²) in [5.41, 5.74) is 4.47. The van der Waals surface area contributed by atoms with E-state index >= 15 is 0 Å². The molecule has 0 radical (unpaired) electrons. The van der Waals surface area contributed by atoms with Crippen LogP contribution in [0.15, 0.2) is 78.9 Å². The molecule has 0 bridgehead atoms. The van der Waals surface area contributed by atoms with Crippen LogP contribution >= 0.6 is 0 Å². The van der Waals surface area contributed by atoms with Crippen LogP contribution in [0.4, 0.5) is 0 Å². The molecule has 3 aromatic carbocycles. The molecule has 4 nitrogen and oxygen atoms in total. The van der Waals surface area contributed by atoms with Crippen LogP contribution in [0.3, 0.4) is 0 Å². The van der Waals surface area contributed by atoms with Crippen molar-refractivity contribution >= 4 is 5.91 Å². The molecule has 0 saturated carbocycles. The Morgan fingerprint density at radius 1 is 0.800 bits per heavy atom. The SMILES string of the molecule is CCOc1ccc(CCC(=O)NCc2cccc(COCc3ccccc3)c2)cc1. The van der Waals surface area contributed by atoms with Gasteiger partial charge < -0.3 is 14.8 Å². The summed E-state index contributed by atoms with van der Waals surface area (Å²) in [5.74, 6) is 0.910. The molecule has 3 aromatic rings. The molecular formula is C26H29NO3. The summed E-state index contributed by atoms with van der Waals surface area (Å²) in [6.45, 7) is 4.28. The summed E-state index contributed by atoms with van der Waals surface area (Å²) in [6.07, 6.45) is 1.18. The van der Waals surface area contributed by atoms with Crippen LogP contribution < -0.4 is 10.1 Å². The van der Waals surface area contributed by atoms with E-state index in [1.165, 1.54) is 0 Å². The van der Waals surface area contributed by atoms with Gasteiger partial charge in [0, 0.05) is 13.0 Å². The monoisotopic (exact) mass is 403 g/mol. The van der Waals surface area contributed by atoms with Gasteiger partial charge in [-0.25, -0.2) is 0 Å². The molecule has 0 atom stereocenters. The van der Waals surface area contributed by atoms with Crippen LogP contribution in [-0.4, -0.2) is 12.5 Å². The lowest BCUT2D eigenvalue weighted by atomic mass is 10.1. The van der Waals surface area contributed by atoms with Crippen LogP contribution in [0.5, 0.6) is 5.75 Å². The average molecular weight is 404 g/mol. The number of carbonyl (C=O) groups excluding carboxylic acids is 1. The van der Waals surface area contributed by atoms with Gasteiger partial charge in [0.25, 0.3) is 0 Å². The zero-order chi connectivity index (χ0) is 21.0. The number of nitrogens with one attached hydrogen (secondary N) is 1. The molecular weight excluding hydrogens is 374 g/mol. The Bertz CT molecular complexity index is 907. The molecule has 0 aliphatic heterocycles. The van der Waals surface area contributed by atoms with Gasteiger partial charge in [-0.2, -0.15) is 0 Å². The van der Waals surface area contributed by atoms with Crippen LogP contribution in [0.1, 0.15) is 35.6 Å². The number of hydrogen-bond acceptors (Lipinski definition) is 3. The Morgan fingerprint density at radius 2 is 1.50 bits per heavy atom. The van der Waals surface area contributed by atoms with Gasteiger partial charge >= 0.3 is 0 Å². The minimum atomic E-state index is 0.0506. The number of benzene rings is 3. The fraction of sp³-hybridized carbons (Fsp3) is 0.269. The van der Waals surface area contributed by atoms with E-state index in [2.05, 4.69) is 23.5 Å². The number of aryl methyl sites for hydroxylation is 1. The summed E-state index contributed by atoms with van der Waals surface area (Å²) in [5, 5.41) is 3.01. The van der Waals surface area contributed by atoms with Crippen molar-refractivity contribution in [1.82, 2.24) is 5.32 Å². The summed E-state index contributed by atoms with van der Waals surface area (Å²) >= 11 is 0. The number of amides is 1. The lowest BCUT2D eigenvalue weighted by Gasteiger charge is -2.09. The van der Waals surface area contributed by atoms with Crippen molar-refractivity contribution in [1.29, 1.82) is 0 Å².